The van der Waals surface area contributed by atoms with Crippen LogP contribution in [0.2, 0.25) is 0 Å². The second kappa shape index (κ2) is 6.36. The average Bonchev–Trinajstić information content (AvgIpc) is 3.09. The fraction of sp³-hybridized carbons (Fsp3) is 0.500. The molecule has 3 heterocycles. The summed E-state index contributed by atoms with van der Waals surface area (Å²) in [6, 6.07) is 4.24. The van der Waals surface area contributed by atoms with E-state index in [1.807, 2.05) is 6.92 Å². The Morgan fingerprint density at radius 2 is 2.41 bits per heavy atom. The number of carbonyl (C=O) groups excluding carboxylic acids is 1. The van der Waals surface area contributed by atoms with Crippen LogP contribution in [0.5, 0.6) is 0 Å². The highest BCUT2D eigenvalue weighted by Gasteiger charge is 2.21. The van der Waals surface area contributed by atoms with Gasteiger partial charge in [0.15, 0.2) is 5.76 Å². The van der Waals surface area contributed by atoms with Gasteiger partial charge in [-0.05, 0) is 45.4 Å². The zero-order valence-electron chi connectivity index (χ0n) is 12.9. The highest BCUT2D eigenvalue weighted by atomic mass is 16.4. The highest BCUT2D eigenvalue weighted by molar-refractivity contribution is 5.78. The maximum absolute atomic E-state index is 12.2. The molecule has 0 aliphatic carbocycles. The van der Waals surface area contributed by atoms with Gasteiger partial charge in [0.2, 0.25) is 5.91 Å². The van der Waals surface area contributed by atoms with Crippen molar-refractivity contribution >= 4 is 5.91 Å². The van der Waals surface area contributed by atoms with Gasteiger partial charge >= 0.3 is 0 Å². The van der Waals surface area contributed by atoms with Crippen molar-refractivity contribution < 1.29 is 13.6 Å². The number of furan rings is 1. The van der Waals surface area contributed by atoms with Gasteiger partial charge in [-0.1, -0.05) is 0 Å². The Morgan fingerprint density at radius 3 is 3.14 bits per heavy atom. The van der Waals surface area contributed by atoms with Crippen molar-refractivity contribution in [1.29, 1.82) is 0 Å². The number of amides is 1. The maximum atomic E-state index is 12.2. The van der Waals surface area contributed by atoms with Crippen LogP contribution >= 0.6 is 0 Å². The second-order valence-corrected chi connectivity index (χ2v) is 5.82. The molecule has 1 fully saturated rings. The van der Waals surface area contributed by atoms with Crippen LogP contribution in [0.1, 0.15) is 31.2 Å². The molecule has 1 aliphatic rings. The lowest BCUT2D eigenvalue weighted by Crippen LogP contribution is -2.47. The van der Waals surface area contributed by atoms with E-state index in [4.69, 9.17) is 8.83 Å². The molecule has 6 nitrogen and oxygen atoms in total. The van der Waals surface area contributed by atoms with E-state index in [1.54, 1.807) is 18.4 Å². The van der Waals surface area contributed by atoms with Crippen LogP contribution in [0.3, 0.4) is 0 Å². The van der Waals surface area contributed by atoms with Gasteiger partial charge in [0.05, 0.1) is 18.4 Å². The zero-order valence-corrected chi connectivity index (χ0v) is 12.9. The molecule has 1 aliphatic heterocycles. The van der Waals surface area contributed by atoms with Crippen molar-refractivity contribution in [2.24, 2.45) is 0 Å². The number of piperidine rings is 1. The van der Waals surface area contributed by atoms with Crippen molar-refractivity contribution in [2.45, 2.75) is 45.2 Å². The molecular formula is C16H21N3O3. The minimum atomic E-state index is -0.0125. The van der Waals surface area contributed by atoms with E-state index in [2.05, 4.69) is 22.5 Å². The summed E-state index contributed by atoms with van der Waals surface area (Å²) >= 11 is 0. The summed E-state index contributed by atoms with van der Waals surface area (Å²) in [6.07, 6.45) is 3.72. The fourth-order valence-electron chi connectivity index (χ4n) is 2.79. The first-order chi connectivity index (χ1) is 10.6. The Balaban J connectivity index is 1.62. The molecule has 0 spiro atoms. The summed E-state index contributed by atoms with van der Waals surface area (Å²) in [7, 11) is 0. The SMILES string of the molecule is Cc1oc(-c2ccco2)nc1CC(=O)NC1CCNC(C)C1. The first-order valence-electron chi connectivity index (χ1n) is 7.64. The lowest BCUT2D eigenvalue weighted by atomic mass is 10.0. The molecule has 0 aromatic carbocycles. The molecule has 2 aromatic heterocycles. The van der Waals surface area contributed by atoms with Gasteiger partial charge in [-0.25, -0.2) is 4.98 Å². The Labute approximate surface area is 129 Å². The van der Waals surface area contributed by atoms with E-state index in [0.29, 0.717) is 29.1 Å². The third-order valence-corrected chi connectivity index (χ3v) is 3.94. The molecule has 118 valence electrons. The third-order valence-electron chi connectivity index (χ3n) is 3.94. The zero-order chi connectivity index (χ0) is 15.5. The standard InChI is InChI=1S/C16H21N3O3/c1-10-8-12(5-6-17-10)18-15(20)9-13-11(2)22-16(19-13)14-4-3-7-21-14/h3-4,7,10,12,17H,5-6,8-9H2,1-2H3,(H,18,20). The normalized spacial score (nSPS) is 21.7. The topological polar surface area (TPSA) is 80.3 Å². The summed E-state index contributed by atoms with van der Waals surface area (Å²) in [5.74, 6) is 1.63. The summed E-state index contributed by atoms with van der Waals surface area (Å²) in [5.41, 5.74) is 0.658. The van der Waals surface area contributed by atoms with Crippen LogP contribution < -0.4 is 10.6 Å². The van der Waals surface area contributed by atoms with Crippen molar-refractivity contribution in [3.05, 3.63) is 29.9 Å². The number of carbonyl (C=O) groups is 1. The van der Waals surface area contributed by atoms with Gasteiger partial charge in [0.1, 0.15) is 5.76 Å². The van der Waals surface area contributed by atoms with Crippen molar-refractivity contribution in [3.8, 4) is 11.7 Å². The molecule has 1 saturated heterocycles. The molecule has 0 radical (unpaired) electrons. The van der Waals surface area contributed by atoms with E-state index < -0.39 is 0 Å². The fourth-order valence-corrected chi connectivity index (χ4v) is 2.79. The number of aromatic nitrogens is 1. The van der Waals surface area contributed by atoms with Crippen LogP contribution in [-0.2, 0) is 11.2 Å². The largest absolute Gasteiger partial charge is 0.459 e. The number of nitrogens with zero attached hydrogens (tertiary/aromatic N) is 1. The Kier molecular flexibility index (Phi) is 4.29. The van der Waals surface area contributed by atoms with Crippen molar-refractivity contribution in [1.82, 2.24) is 15.6 Å². The van der Waals surface area contributed by atoms with Crippen LogP contribution in [0.15, 0.2) is 27.2 Å². The molecule has 2 atom stereocenters. The predicted octanol–water partition coefficient (Wildman–Crippen LogP) is 2.04. The average molecular weight is 303 g/mol. The van der Waals surface area contributed by atoms with Gasteiger partial charge in [-0.2, -0.15) is 0 Å². The quantitative estimate of drug-likeness (QED) is 0.903. The number of hydrogen-bond acceptors (Lipinski definition) is 5. The summed E-state index contributed by atoms with van der Waals surface area (Å²) in [5, 5.41) is 6.46. The molecule has 2 N–H and O–H groups in total. The minimum absolute atomic E-state index is 0.0125. The molecule has 0 saturated carbocycles. The van der Waals surface area contributed by atoms with Gasteiger partial charge in [0, 0.05) is 12.1 Å². The van der Waals surface area contributed by atoms with E-state index in [1.165, 1.54) is 0 Å². The lowest BCUT2D eigenvalue weighted by Gasteiger charge is -2.28. The summed E-state index contributed by atoms with van der Waals surface area (Å²) in [4.78, 5) is 16.6. The summed E-state index contributed by atoms with van der Waals surface area (Å²) in [6.45, 7) is 4.89. The van der Waals surface area contributed by atoms with Gasteiger partial charge < -0.3 is 19.5 Å². The number of hydrogen-bond donors (Lipinski definition) is 2. The van der Waals surface area contributed by atoms with Gasteiger partial charge in [0.25, 0.3) is 5.89 Å². The van der Waals surface area contributed by atoms with E-state index >= 15 is 0 Å². The van der Waals surface area contributed by atoms with E-state index in [9.17, 15) is 4.79 Å². The Hall–Kier alpha value is -2.08. The highest BCUT2D eigenvalue weighted by Crippen LogP contribution is 2.22. The number of oxazole rings is 1. The lowest BCUT2D eigenvalue weighted by molar-refractivity contribution is -0.121. The van der Waals surface area contributed by atoms with Crippen molar-refractivity contribution in [3.63, 3.8) is 0 Å². The molecule has 2 unspecified atom stereocenters. The van der Waals surface area contributed by atoms with Crippen LogP contribution in [-0.4, -0.2) is 29.5 Å². The Bertz CT molecular complexity index is 633. The monoisotopic (exact) mass is 303 g/mol. The van der Waals surface area contributed by atoms with E-state index in [0.717, 1.165) is 19.4 Å². The van der Waals surface area contributed by atoms with Gasteiger partial charge in [-0.3, -0.25) is 4.79 Å². The van der Waals surface area contributed by atoms with Crippen LogP contribution in [0.4, 0.5) is 0 Å². The minimum Gasteiger partial charge on any atom is -0.459 e. The van der Waals surface area contributed by atoms with Crippen LogP contribution in [0, 0.1) is 6.92 Å². The predicted molar refractivity (Wildman–Crippen MR) is 81.3 cm³/mol. The van der Waals surface area contributed by atoms with E-state index in [-0.39, 0.29) is 18.4 Å². The number of rotatable bonds is 4. The molecule has 3 rings (SSSR count). The van der Waals surface area contributed by atoms with Crippen LogP contribution in [0.25, 0.3) is 11.7 Å². The molecule has 0 bridgehead atoms. The molecule has 22 heavy (non-hydrogen) atoms. The van der Waals surface area contributed by atoms with Gasteiger partial charge in [-0.15, -0.1) is 0 Å². The number of nitrogens with one attached hydrogen (secondary N) is 2. The molecule has 1 amide bonds. The molecule has 2 aromatic rings. The first-order valence-corrected chi connectivity index (χ1v) is 7.64. The maximum Gasteiger partial charge on any atom is 0.263 e. The molecule has 6 heteroatoms. The molecular weight excluding hydrogens is 282 g/mol. The first kappa shape index (κ1) is 14.8. The third kappa shape index (κ3) is 3.39. The smallest absolute Gasteiger partial charge is 0.263 e. The van der Waals surface area contributed by atoms with Crippen molar-refractivity contribution in [2.75, 3.05) is 6.54 Å². The second-order valence-electron chi connectivity index (χ2n) is 5.82. The number of aryl methyl sites for hydroxylation is 1. The Morgan fingerprint density at radius 1 is 1.55 bits per heavy atom. The summed E-state index contributed by atoms with van der Waals surface area (Å²) < 4.78 is 10.8.